The Balaban J connectivity index is 2.58. The number of aryl methyl sites for hydroxylation is 1. The van der Waals surface area contributed by atoms with Crippen LogP contribution >= 0.6 is 0 Å². The first kappa shape index (κ1) is 12.1. The Hall–Kier alpha value is -0.980. The van der Waals surface area contributed by atoms with E-state index in [0.29, 0.717) is 0 Å². The first-order valence-electron chi connectivity index (χ1n) is 5.86. The van der Waals surface area contributed by atoms with E-state index in [-0.39, 0.29) is 0 Å². The highest BCUT2D eigenvalue weighted by Crippen LogP contribution is 2.23. The SMILES string of the molecule is CCCCCOc1ccc(C)c(C)c1C. The maximum absolute atomic E-state index is 5.77. The largest absolute Gasteiger partial charge is 0.493 e. The molecular weight excluding hydrogens is 184 g/mol. The molecule has 0 aromatic heterocycles. The van der Waals surface area contributed by atoms with Gasteiger partial charge in [0.25, 0.3) is 0 Å². The lowest BCUT2D eigenvalue weighted by Gasteiger charge is -2.12. The first-order chi connectivity index (χ1) is 7.16. The van der Waals surface area contributed by atoms with E-state index in [1.165, 1.54) is 29.5 Å². The second-order valence-corrected chi connectivity index (χ2v) is 4.19. The first-order valence-corrected chi connectivity index (χ1v) is 5.86. The fourth-order valence-corrected chi connectivity index (χ4v) is 1.62. The van der Waals surface area contributed by atoms with Gasteiger partial charge in [0.1, 0.15) is 5.75 Å². The van der Waals surface area contributed by atoms with E-state index in [1.807, 2.05) is 0 Å². The van der Waals surface area contributed by atoms with Gasteiger partial charge in [-0.3, -0.25) is 0 Å². The van der Waals surface area contributed by atoms with Crippen molar-refractivity contribution in [2.75, 3.05) is 6.61 Å². The molecule has 0 fully saturated rings. The average Bonchev–Trinajstić information content (AvgIpc) is 2.24. The van der Waals surface area contributed by atoms with E-state index in [4.69, 9.17) is 4.74 Å². The van der Waals surface area contributed by atoms with E-state index in [2.05, 4.69) is 39.8 Å². The highest BCUT2D eigenvalue weighted by Gasteiger charge is 2.03. The zero-order valence-corrected chi connectivity index (χ0v) is 10.4. The molecule has 15 heavy (non-hydrogen) atoms. The topological polar surface area (TPSA) is 9.23 Å². The summed E-state index contributed by atoms with van der Waals surface area (Å²) in [5.41, 5.74) is 3.97. The van der Waals surface area contributed by atoms with Crippen LogP contribution in [0, 0.1) is 20.8 Å². The molecule has 1 rings (SSSR count). The van der Waals surface area contributed by atoms with E-state index >= 15 is 0 Å². The molecule has 0 unspecified atom stereocenters. The zero-order valence-electron chi connectivity index (χ0n) is 10.4. The van der Waals surface area contributed by atoms with Crippen LogP contribution in [0.25, 0.3) is 0 Å². The molecule has 0 atom stereocenters. The van der Waals surface area contributed by atoms with E-state index in [9.17, 15) is 0 Å². The molecule has 0 heterocycles. The third kappa shape index (κ3) is 3.26. The molecular formula is C14H22O. The lowest BCUT2D eigenvalue weighted by molar-refractivity contribution is 0.304. The summed E-state index contributed by atoms with van der Waals surface area (Å²) in [4.78, 5) is 0. The molecule has 1 nitrogen and oxygen atoms in total. The number of hydrogen-bond donors (Lipinski definition) is 0. The minimum absolute atomic E-state index is 0.844. The number of ether oxygens (including phenoxy) is 1. The summed E-state index contributed by atoms with van der Waals surface area (Å²) in [6, 6.07) is 4.22. The Morgan fingerprint density at radius 2 is 1.73 bits per heavy atom. The predicted octanol–water partition coefficient (Wildman–Crippen LogP) is 4.18. The normalized spacial score (nSPS) is 10.4. The van der Waals surface area contributed by atoms with Gasteiger partial charge < -0.3 is 4.74 Å². The Bertz CT molecular complexity index is 315. The van der Waals surface area contributed by atoms with Gasteiger partial charge >= 0.3 is 0 Å². The second kappa shape index (κ2) is 5.79. The molecule has 0 saturated heterocycles. The van der Waals surface area contributed by atoms with E-state index in [0.717, 1.165) is 18.8 Å². The van der Waals surface area contributed by atoms with Crippen molar-refractivity contribution in [3.05, 3.63) is 28.8 Å². The van der Waals surface area contributed by atoms with E-state index < -0.39 is 0 Å². The summed E-state index contributed by atoms with van der Waals surface area (Å²) in [6.45, 7) is 9.49. The smallest absolute Gasteiger partial charge is 0.122 e. The number of unbranched alkanes of at least 4 members (excludes halogenated alkanes) is 2. The molecule has 1 aromatic carbocycles. The van der Waals surface area contributed by atoms with Crippen LogP contribution in [0.5, 0.6) is 5.75 Å². The molecule has 0 amide bonds. The number of hydrogen-bond acceptors (Lipinski definition) is 1. The average molecular weight is 206 g/mol. The van der Waals surface area contributed by atoms with Crippen molar-refractivity contribution in [2.24, 2.45) is 0 Å². The minimum atomic E-state index is 0.844. The van der Waals surface area contributed by atoms with Crippen molar-refractivity contribution in [3.8, 4) is 5.75 Å². The van der Waals surface area contributed by atoms with Crippen LogP contribution in [-0.4, -0.2) is 6.61 Å². The second-order valence-electron chi connectivity index (χ2n) is 4.19. The fourth-order valence-electron chi connectivity index (χ4n) is 1.62. The minimum Gasteiger partial charge on any atom is -0.493 e. The van der Waals surface area contributed by atoms with Crippen molar-refractivity contribution in [1.82, 2.24) is 0 Å². The fraction of sp³-hybridized carbons (Fsp3) is 0.571. The van der Waals surface area contributed by atoms with Gasteiger partial charge in [0.15, 0.2) is 0 Å². The van der Waals surface area contributed by atoms with Gasteiger partial charge in [-0.1, -0.05) is 25.8 Å². The van der Waals surface area contributed by atoms with Crippen molar-refractivity contribution in [1.29, 1.82) is 0 Å². The highest BCUT2D eigenvalue weighted by molar-refractivity contribution is 5.42. The van der Waals surface area contributed by atoms with Gasteiger partial charge in [-0.15, -0.1) is 0 Å². The Morgan fingerprint density at radius 3 is 2.40 bits per heavy atom. The quantitative estimate of drug-likeness (QED) is 0.657. The molecule has 0 aliphatic rings. The maximum Gasteiger partial charge on any atom is 0.122 e. The predicted molar refractivity (Wildman–Crippen MR) is 65.7 cm³/mol. The molecule has 0 saturated carbocycles. The van der Waals surface area contributed by atoms with Gasteiger partial charge in [0.05, 0.1) is 6.61 Å². The molecule has 1 aromatic rings. The summed E-state index contributed by atoms with van der Waals surface area (Å²) in [5.74, 6) is 1.05. The third-order valence-electron chi connectivity index (χ3n) is 3.01. The summed E-state index contributed by atoms with van der Waals surface area (Å²) >= 11 is 0. The summed E-state index contributed by atoms with van der Waals surface area (Å²) in [5, 5.41) is 0. The van der Waals surface area contributed by atoms with Crippen LogP contribution in [-0.2, 0) is 0 Å². The van der Waals surface area contributed by atoms with Crippen molar-refractivity contribution >= 4 is 0 Å². The lowest BCUT2D eigenvalue weighted by Crippen LogP contribution is -2.00. The van der Waals surface area contributed by atoms with Crippen LogP contribution in [0.2, 0.25) is 0 Å². The zero-order chi connectivity index (χ0) is 11.3. The van der Waals surface area contributed by atoms with Crippen molar-refractivity contribution in [3.63, 3.8) is 0 Å². The van der Waals surface area contributed by atoms with Crippen LogP contribution < -0.4 is 4.74 Å². The molecule has 84 valence electrons. The molecule has 1 heteroatoms. The summed E-state index contributed by atoms with van der Waals surface area (Å²) < 4.78 is 5.77. The lowest BCUT2D eigenvalue weighted by atomic mass is 10.0. The van der Waals surface area contributed by atoms with Crippen molar-refractivity contribution in [2.45, 2.75) is 47.0 Å². The molecule has 0 bridgehead atoms. The Labute approximate surface area is 93.5 Å². The van der Waals surface area contributed by atoms with Crippen molar-refractivity contribution < 1.29 is 4.74 Å². The Kier molecular flexibility index (Phi) is 4.67. The maximum atomic E-state index is 5.77. The molecule has 0 aliphatic carbocycles. The van der Waals surface area contributed by atoms with Gasteiger partial charge in [-0.2, -0.15) is 0 Å². The number of rotatable bonds is 5. The van der Waals surface area contributed by atoms with Gasteiger partial charge in [-0.25, -0.2) is 0 Å². The highest BCUT2D eigenvalue weighted by atomic mass is 16.5. The Morgan fingerprint density at radius 1 is 1.00 bits per heavy atom. The van der Waals surface area contributed by atoms with Gasteiger partial charge in [0, 0.05) is 0 Å². The summed E-state index contributed by atoms with van der Waals surface area (Å²) in [6.07, 6.45) is 3.65. The van der Waals surface area contributed by atoms with E-state index in [1.54, 1.807) is 0 Å². The number of benzene rings is 1. The van der Waals surface area contributed by atoms with Crippen LogP contribution in [0.15, 0.2) is 12.1 Å². The van der Waals surface area contributed by atoms with Gasteiger partial charge in [0.2, 0.25) is 0 Å². The van der Waals surface area contributed by atoms with Crippen LogP contribution in [0.3, 0.4) is 0 Å². The standard InChI is InChI=1S/C14H22O/c1-5-6-7-10-15-14-9-8-11(2)12(3)13(14)4/h8-9H,5-7,10H2,1-4H3. The van der Waals surface area contributed by atoms with Gasteiger partial charge in [-0.05, 0) is 49.9 Å². The molecule has 0 radical (unpaired) electrons. The third-order valence-corrected chi connectivity index (χ3v) is 3.01. The monoisotopic (exact) mass is 206 g/mol. The molecule has 0 aliphatic heterocycles. The van der Waals surface area contributed by atoms with Crippen LogP contribution in [0.1, 0.15) is 42.9 Å². The molecule has 0 N–H and O–H groups in total. The van der Waals surface area contributed by atoms with Crippen LogP contribution in [0.4, 0.5) is 0 Å². The molecule has 0 spiro atoms. The summed E-state index contributed by atoms with van der Waals surface area (Å²) in [7, 11) is 0.